The van der Waals surface area contributed by atoms with Crippen molar-refractivity contribution in [3.8, 4) is 11.5 Å². The first-order chi connectivity index (χ1) is 12.3. The van der Waals surface area contributed by atoms with E-state index in [0.717, 1.165) is 0 Å². The van der Waals surface area contributed by atoms with E-state index in [0.29, 0.717) is 24.3 Å². The van der Waals surface area contributed by atoms with Gasteiger partial charge in [0, 0.05) is 0 Å². The molecule has 0 aromatic heterocycles. The van der Waals surface area contributed by atoms with Gasteiger partial charge < -0.3 is 8.37 Å². The van der Waals surface area contributed by atoms with Crippen molar-refractivity contribution in [3.63, 3.8) is 0 Å². The average molecular weight is 436 g/mol. The highest BCUT2D eigenvalue weighted by atomic mass is 32.3. The fraction of sp³-hybridized carbons (Fsp3) is 0.0769. The Kier molecular flexibility index (Phi) is 5.60. The fourth-order valence-electron chi connectivity index (χ4n) is 1.65. The lowest BCUT2D eigenvalue weighted by Gasteiger charge is -2.11. The number of hydrogen-bond donors (Lipinski definition) is 0. The van der Waals surface area contributed by atoms with Crippen molar-refractivity contribution >= 4 is 20.2 Å². The molecule has 2 aromatic rings. The van der Waals surface area contributed by atoms with Crippen molar-refractivity contribution in [3.05, 3.63) is 59.2 Å². The molecule has 0 amide bonds. The van der Waals surface area contributed by atoms with Gasteiger partial charge in [-0.1, -0.05) is 0 Å². The van der Waals surface area contributed by atoms with E-state index in [1.807, 2.05) is 0 Å². The summed E-state index contributed by atoms with van der Waals surface area (Å²) in [6.45, 7) is 0. The minimum Gasteiger partial charge on any atom is -0.375 e. The summed E-state index contributed by atoms with van der Waals surface area (Å²) in [5.41, 5.74) is 0. The molecule has 148 valence electrons. The van der Waals surface area contributed by atoms with Gasteiger partial charge in [-0.15, -0.1) is 0 Å². The summed E-state index contributed by atoms with van der Waals surface area (Å²) in [6.07, 6.45) is 0. The Morgan fingerprint density at radius 2 is 0.889 bits per heavy atom. The van der Waals surface area contributed by atoms with Crippen LogP contribution in [-0.2, 0) is 20.2 Å². The maximum Gasteiger partial charge on any atom is 0.327 e. The van der Waals surface area contributed by atoms with Gasteiger partial charge in [0.05, 0.1) is 0 Å². The lowest BCUT2D eigenvalue weighted by molar-refractivity contribution is 0.405. The zero-order chi connectivity index (χ0) is 20.6. The van der Waals surface area contributed by atoms with Crippen molar-refractivity contribution < 1.29 is 51.5 Å². The van der Waals surface area contributed by atoms with Crippen LogP contribution in [0.3, 0.4) is 0 Å². The third-order valence-corrected chi connectivity index (χ3v) is 5.86. The number of rotatable bonds is 6. The van der Waals surface area contributed by atoms with Crippen LogP contribution in [0.15, 0.2) is 24.3 Å². The molecule has 14 heteroatoms. The Balaban J connectivity index is 2.30. The predicted molar refractivity (Wildman–Crippen MR) is 76.6 cm³/mol. The highest BCUT2D eigenvalue weighted by Crippen LogP contribution is 2.27. The lowest BCUT2D eigenvalue weighted by atomic mass is 10.3. The van der Waals surface area contributed by atoms with Gasteiger partial charge in [-0.2, -0.15) is 25.6 Å². The summed E-state index contributed by atoms with van der Waals surface area (Å²) < 4.78 is 134. The summed E-state index contributed by atoms with van der Waals surface area (Å²) in [5, 5.41) is -2.19. The van der Waals surface area contributed by atoms with Crippen molar-refractivity contribution in [2.24, 2.45) is 0 Å². The van der Waals surface area contributed by atoms with Gasteiger partial charge in [0.2, 0.25) is 28.2 Å². The smallest absolute Gasteiger partial charge is 0.327 e. The van der Waals surface area contributed by atoms with Crippen molar-refractivity contribution in [2.45, 2.75) is 0 Å². The van der Waals surface area contributed by atoms with Crippen LogP contribution < -0.4 is 8.37 Å². The highest BCUT2D eigenvalue weighted by molar-refractivity contribution is 8.04. The van der Waals surface area contributed by atoms with Crippen LogP contribution in [0, 0.1) is 34.9 Å². The molecule has 0 aliphatic carbocycles. The first kappa shape index (κ1) is 20.8. The van der Waals surface area contributed by atoms with Gasteiger partial charge in [-0.05, 0) is 24.3 Å². The van der Waals surface area contributed by atoms with E-state index >= 15 is 0 Å². The van der Waals surface area contributed by atoms with Crippen LogP contribution in [0.2, 0.25) is 0 Å². The molecule has 0 saturated heterocycles. The molecule has 0 aliphatic rings. The molecule has 0 unspecified atom stereocenters. The molecule has 0 saturated carbocycles. The average Bonchev–Trinajstić information content (AvgIpc) is 2.54. The van der Waals surface area contributed by atoms with E-state index in [9.17, 15) is 43.2 Å². The van der Waals surface area contributed by atoms with Gasteiger partial charge >= 0.3 is 20.2 Å². The van der Waals surface area contributed by atoms with Crippen molar-refractivity contribution in [1.29, 1.82) is 0 Å². The normalized spacial score (nSPS) is 12.1. The largest absolute Gasteiger partial charge is 0.375 e. The summed E-state index contributed by atoms with van der Waals surface area (Å²) in [7, 11) is -10.8. The SMILES string of the molecule is O=S(=O)(CS(=O)(=O)Oc1c(F)ccc(F)c1F)Oc1c(F)ccc(F)c1F. The maximum atomic E-state index is 13.4. The molecule has 2 rings (SSSR count). The van der Waals surface area contributed by atoms with Crippen molar-refractivity contribution in [1.82, 2.24) is 0 Å². The molecule has 0 fully saturated rings. The summed E-state index contributed by atoms with van der Waals surface area (Å²) in [4.78, 5) is 0. The molecule has 0 aliphatic heterocycles. The minimum absolute atomic E-state index is 0.297. The van der Waals surface area contributed by atoms with Crippen LogP contribution in [-0.4, -0.2) is 21.9 Å². The molecule has 0 radical (unpaired) electrons. The zero-order valence-electron chi connectivity index (χ0n) is 12.6. The Hall–Kier alpha value is -2.48. The van der Waals surface area contributed by atoms with Gasteiger partial charge in [0.1, 0.15) is 0 Å². The Bertz CT molecular complexity index is 1010. The number of hydrogen-bond acceptors (Lipinski definition) is 6. The first-order valence-electron chi connectivity index (χ1n) is 6.44. The van der Waals surface area contributed by atoms with Crippen LogP contribution in [0.4, 0.5) is 26.3 Å². The molecule has 0 bridgehead atoms. The zero-order valence-corrected chi connectivity index (χ0v) is 14.2. The predicted octanol–water partition coefficient (Wildman–Crippen LogP) is 2.60. The fourth-order valence-corrected chi connectivity index (χ4v) is 4.26. The van der Waals surface area contributed by atoms with Gasteiger partial charge in [-0.3, -0.25) is 0 Å². The molecule has 6 nitrogen and oxygen atoms in total. The van der Waals surface area contributed by atoms with Gasteiger partial charge in [0.15, 0.2) is 23.3 Å². The second-order valence-electron chi connectivity index (χ2n) is 4.74. The third kappa shape index (κ3) is 4.82. The van der Waals surface area contributed by atoms with Crippen LogP contribution in [0.1, 0.15) is 0 Å². The quantitative estimate of drug-likeness (QED) is 0.393. The Morgan fingerprint density at radius 3 is 1.22 bits per heavy atom. The molecule has 0 atom stereocenters. The van der Waals surface area contributed by atoms with E-state index in [1.54, 1.807) is 0 Å². The van der Waals surface area contributed by atoms with Gasteiger partial charge in [-0.25, -0.2) is 17.6 Å². The topological polar surface area (TPSA) is 86.7 Å². The van der Waals surface area contributed by atoms with E-state index in [1.165, 1.54) is 0 Å². The van der Waals surface area contributed by atoms with Crippen molar-refractivity contribution in [2.75, 3.05) is 5.08 Å². The molecule has 0 N–H and O–H groups in total. The number of benzene rings is 2. The minimum atomic E-state index is -5.41. The van der Waals surface area contributed by atoms with Crippen LogP contribution in [0.25, 0.3) is 0 Å². The second kappa shape index (κ2) is 7.26. The first-order valence-corrected chi connectivity index (χ1v) is 9.60. The molecule has 2 aromatic carbocycles. The van der Waals surface area contributed by atoms with E-state index in [4.69, 9.17) is 0 Å². The van der Waals surface area contributed by atoms with E-state index < -0.39 is 71.7 Å². The molecular formula is C13H6F6O6S2. The maximum absolute atomic E-state index is 13.4. The molecule has 27 heavy (non-hydrogen) atoms. The Labute approximate surface area is 148 Å². The second-order valence-corrected chi connectivity index (χ2v) is 8.25. The molecule has 0 spiro atoms. The molecule has 0 heterocycles. The summed E-state index contributed by atoms with van der Waals surface area (Å²) >= 11 is 0. The van der Waals surface area contributed by atoms with Crippen LogP contribution in [0.5, 0.6) is 11.5 Å². The van der Waals surface area contributed by atoms with E-state index in [2.05, 4.69) is 8.37 Å². The van der Waals surface area contributed by atoms with Crippen LogP contribution >= 0.6 is 0 Å². The Morgan fingerprint density at radius 1 is 0.593 bits per heavy atom. The number of halogens is 6. The highest BCUT2D eigenvalue weighted by Gasteiger charge is 2.31. The summed E-state index contributed by atoms with van der Waals surface area (Å²) in [5.74, 6) is -14.5. The molecular weight excluding hydrogens is 430 g/mol. The standard InChI is InChI=1S/C13H6F6O6S2/c14-6-1-3-8(16)12(10(6)18)24-26(20,21)5-27(22,23)25-13-9(17)4-2-7(15)11(13)19/h1-4H,5H2. The third-order valence-electron chi connectivity index (χ3n) is 2.71. The monoisotopic (exact) mass is 436 g/mol. The summed E-state index contributed by atoms with van der Waals surface area (Å²) in [6, 6.07) is 1.20. The van der Waals surface area contributed by atoms with E-state index in [-0.39, 0.29) is 0 Å². The lowest BCUT2D eigenvalue weighted by Crippen LogP contribution is -2.26. The van der Waals surface area contributed by atoms with Gasteiger partial charge in [0.25, 0.3) is 0 Å².